The molecule has 1 aliphatic carbocycles. The predicted molar refractivity (Wildman–Crippen MR) is 108 cm³/mol. The molecule has 0 bridgehead atoms. The Hall–Kier alpha value is -0.910. The second kappa shape index (κ2) is 8.65. The van der Waals surface area contributed by atoms with E-state index in [-0.39, 0.29) is 6.17 Å². The van der Waals surface area contributed by atoms with Crippen LogP contribution in [0.2, 0.25) is 10.0 Å². The maximum atomic E-state index is 11.8. The van der Waals surface area contributed by atoms with Crippen molar-refractivity contribution in [3.63, 3.8) is 0 Å². The minimum absolute atomic E-state index is 0.0819. The van der Waals surface area contributed by atoms with Gasteiger partial charge in [0.25, 0.3) is 0 Å². The fourth-order valence-corrected chi connectivity index (χ4v) is 5.17. The van der Waals surface area contributed by atoms with E-state index in [4.69, 9.17) is 28.2 Å². The van der Waals surface area contributed by atoms with Crippen molar-refractivity contribution in [2.45, 2.75) is 50.7 Å². The van der Waals surface area contributed by atoms with Gasteiger partial charge < -0.3 is 4.90 Å². The van der Waals surface area contributed by atoms with Crippen molar-refractivity contribution in [2.24, 2.45) is 4.99 Å². The zero-order valence-corrected chi connectivity index (χ0v) is 16.7. The summed E-state index contributed by atoms with van der Waals surface area (Å²) in [6.45, 7) is 0. The molecule has 1 heterocycles. The fraction of sp³-hybridized carbons (Fsp3) is 0.556. The van der Waals surface area contributed by atoms with Crippen LogP contribution in [0.1, 0.15) is 38.5 Å². The lowest BCUT2D eigenvalue weighted by molar-refractivity contribution is -0.108. The second-order valence-corrected chi connectivity index (χ2v) is 8.46. The Balaban J connectivity index is 1.77. The van der Waals surface area contributed by atoms with Gasteiger partial charge in [-0.1, -0.05) is 60.6 Å². The lowest BCUT2D eigenvalue weighted by atomic mass is 10.1. The summed E-state index contributed by atoms with van der Waals surface area (Å²) in [5, 5.41) is 2.07. The van der Waals surface area contributed by atoms with Crippen LogP contribution in [0.25, 0.3) is 0 Å². The van der Waals surface area contributed by atoms with Gasteiger partial charge in [0.2, 0.25) is 6.41 Å². The molecule has 136 valence electrons. The average molecular weight is 400 g/mol. The van der Waals surface area contributed by atoms with E-state index in [2.05, 4.69) is 4.90 Å². The number of thioether (sulfide) groups is 1. The molecule has 3 rings (SSSR count). The van der Waals surface area contributed by atoms with Gasteiger partial charge in [-0.3, -0.25) is 14.7 Å². The Bertz CT molecular complexity index is 627. The van der Waals surface area contributed by atoms with Crippen LogP contribution < -0.4 is 4.90 Å². The van der Waals surface area contributed by atoms with Crippen molar-refractivity contribution >= 4 is 52.2 Å². The molecule has 25 heavy (non-hydrogen) atoms. The Morgan fingerprint density at radius 2 is 1.80 bits per heavy atom. The van der Waals surface area contributed by atoms with Crippen molar-refractivity contribution in [1.29, 1.82) is 0 Å². The van der Waals surface area contributed by atoms with E-state index in [0.29, 0.717) is 21.8 Å². The number of carbonyl (C=O) groups excluding carboxylic acids is 1. The number of carbonyl (C=O) groups is 1. The Morgan fingerprint density at radius 1 is 1.16 bits per heavy atom. The van der Waals surface area contributed by atoms with Crippen LogP contribution in [0.3, 0.4) is 0 Å². The molecule has 0 radical (unpaired) electrons. The molecular weight excluding hydrogens is 377 g/mol. The first-order chi connectivity index (χ1) is 12.1. The van der Waals surface area contributed by atoms with Crippen LogP contribution in [-0.2, 0) is 4.79 Å². The Kier molecular flexibility index (Phi) is 6.53. The van der Waals surface area contributed by atoms with E-state index < -0.39 is 0 Å². The average Bonchev–Trinajstić information content (AvgIpc) is 2.77. The van der Waals surface area contributed by atoms with E-state index in [1.54, 1.807) is 34.9 Å². The highest BCUT2D eigenvalue weighted by atomic mass is 35.5. The van der Waals surface area contributed by atoms with Crippen LogP contribution in [0, 0.1) is 0 Å². The SMILES string of the molecule is CN1C(=NC2CCCCCC2)SCC1N(C=O)c1cc(Cl)cc(Cl)c1. The third-order valence-electron chi connectivity index (χ3n) is 4.81. The van der Waals surface area contributed by atoms with E-state index in [9.17, 15) is 4.79 Å². The monoisotopic (exact) mass is 399 g/mol. The quantitative estimate of drug-likeness (QED) is 0.525. The molecule has 1 atom stereocenters. The summed E-state index contributed by atoms with van der Waals surface area (Å²) >= 11 is 13.9. The van der Waals surface area contributed by atoms with Gasteiger partial charge in [-0.05, 0) is 31.0 Å². The highest BCUT2D eigenvalue weighted by Gasteiger charge is 2.33. The first-order valence-corrected chi connectivity index (χ1v) is 10.5. The number of halogens is 2. The standard InChI is InChI=1S/C18H23Cl2N3OS/c1-22-17(23(12-24)16-9-13(19)8-14(20)10-16)11-25-18(22)21-15-6-4-2-3-5-7-15/h8-10,12,15,17H,2-7,11H2,1H3. The number of hydrogen-bond donors (Lipinski definition) is 0. The molecule has 0 N–H and O–H groups in total. The van der Waals surface area contributed by atoms with Gasteiger partial charge in [0.1, 0.15) is 6.17 Å². The molecule has 1 saturated heterocycles. The van der Waals surface area contributed by atoms with Crippen molar-refractivity contribution in [2.75, 3.05) is 17.7 Å². The zero-order chi connectivity index (χ0) is 17.8. The molecule has 1 amide bonds. The van der Waals surface area contributed by atoms with Crippen LogP contribution in [0.4, 0.5) is 5.69 Å². The molecule has 4 nitrogen and oxygen atoms in total. The van der Waals surface area contributed by atoms with Crippen molar-refractivity contribution < 1.29 is 4.79 Å². The predicted octanol–water partition coefficient (Wildman–Crippen LogP) is 5.04. The van der Waals surface area contributed by atoms with E-state index in [0.717, 1.165) is 17.3 Å². The Labute approximate surface area is 163 Å². The molecule has 1 unspecified atom stereocenters. The van der Waals surface area contributed by atoms with Crippen LogP contribution in [-0.4, -0.2) is 41.5 Å². The van der Waals surface area contributed by atoms with Crippen molar-refractivity contribution in [1.82, 2.24) is 4.90 Å². The lowest BCUT2D eigenvalue weighted by Crippen LogP contribution is -2.45. The van der Waals surface area contributed by atoms with Crippen LogP contribution in [0.15, 0.2) is 23.2 Å². The maximum Gasteiger partial charge on any atom is 0.215 e. The second-order valence-electron chi connectivity index (χ2n) is 6.60. The van der Waals surface area contributed by atoms with Crippen LogP contribution in [0.5, 0.6) is 0 Å². The van der Waals surface area contributed by atoms with Gasteiger partial charge in [0, 0.05) is 28.5 Å². The van der Waals surface area contributed by atoms with Crippen LogP contribution >= 0.6 is 35.0 Å². The number of benzene rings is 1. The molecule has 0 aromatic heterocycles. The van der Waals surface area contributed by atoms with Gasteiger partial charge in [0.15, 0.2) is 5.17 Å². The van der Waals surface area contributed by atoms with E-state index in [1.165, 1.54) is 38.5 Å². The topological polar surface area (TPSA) is 35.9 Å². The minimum Gasteiger partial charge on any atom is -0.333 e. The normalized spacial score (nSPS) is 23.7. The summed E-state index contributed by atoms with van der Waals surface area (Å²) in [6, 6.07) is 5.61. The molecule has 1 saturated carbocycles. The van der Waals surface area contributed by atoms with Gasteiger partial charge in [0.05, 0.1) is 6.04 Å². The van der Waals surface area contributed by atoms with Gasteiger partial charge in [-0.2, -0.15) is 0 Å². The third-order valence-corrected chi connectivity index (χ3v) is 6.36. The smallest absolute Gasteiger partial charge is 0.215 e. The first kappa shape index (κ1) is 18.9. The highest BCUT2D eigenvalue weighted by Crippen LogP contribution is 2.32. The number of rotatable bonds is 4. The Morgan fingerprint density at radius 3 is 2.40 bits per heavy atom. The molecular formula is C18H23Cl2N3OS. The first-order valence-electron chi connectivity index (χ1n) is 8.71. The van der Waals surface area contributed by atoms with E-state index >= 15 is 0 Å². The minimum atomic E-state index is -0.0819. The van der Waals surface area contributed by atoms with E-state index in [1.807, 2.05) is 7.05 Å². The summed E-state index contributed by atoms with van der Waals surface area (Å²) in [7, 11) is 2.00. The largest absolute Gasteiger partial charge is 0.333 e. The zero-order valence-electron chi connectivity index (χ0n) is 14.3. The van der Waals surface area contributed by atoms with Crippen molar-refractivity contribution in [3.8, 4) is 0 Å². The highest BCUT2D eigenvalue weighted by molar-refractivity contribution is 8.14. The lowest BCUT2D eigenvalue weighted by Gasteiger charge is -2.30. The fourth-order valence-electron chi connectivity index (χ4n) is 3.42. The molecule has 7 heteroatoms. The number of anilines is 1. The molecule has 1 aromatic rings. The number of amidine groups is 1. The van der Waals surface area contributed by atoms with Gasteiger partial charge in [-0.25, -0.2) is 0 Å². The molecule has 2 fully saturated rings. The molecule has 2 aliphatic rings. The van der Waals surface area contributed by atoms with Gasteiger partial charge in [-0.15, -0.1) is 0 Å². The van der Waals surface area contributed by atoms with Gasteiger partial charge >= 0.3 is 0 Å². The molecule has 1 aromatic carbocycles. The molecule has 0 spiro atoms. The molecule has 1 aliphatic heterocycles. The summed E-state index contributed by atoms with van der Waals surface area (Å²) in [5.41, 5.74) is 0.709. The van der Waals surface area contributed by atoms with Crippen molar-refractivity contribution in [3.05, 3.63) is 28.2 Å². The summed E-state index contributed by atoms with van der Waals surface area (Å²) in [5.74, 6) is 0.783. The number of nitrogens with zero attached hydrogens (tertiary/aromatic N) is 3. The number of aliphatic imine (C=N–C) groups is 1. The summed E-state index contributed by atoms with van der Waals surface area (Å²) in [6.07, 6.45) is 8.28. The summed E-state index contributed by atoms with van der Waals surface area (Å²) in [4.78, 5) is 20.5. The number of amides is 1. The summed E-state index contributed by atoms with van der Waals surface area (Å²) < 4.78 is 0. The maximum absolute atomic E-state index is 11.8. The third kappa shape index (κ3) is 4.63. The number of hydrogen-bond acceptors (Lipinski definition) is 3.